The van der Waals surface area contributed by atoms with Crippen LogP contribution in [-0.4, -0.2) is 36.3 Å². The van der Waals surface area contributed by atoms with Gasteiger partial charge in [-0.3, -0.25) is 9.11 Å². The predicted molar refractivity (Wildman–Crippen MR) is 124 cm³/mol. The Morgan fingerprint density at radius 1 is 0.818 bits per heavy atom. The topological polar surface area (TPSA) is 180 Å². The Kier molecular flexibility index (Phi) is 5.54. The molecule has 0 bridgehead atoms. The second-order valence-electron chi connectivity index (χ2n) is 7.19. The summed E-state index contributed by atoms with van der Waals surface area (Å²) < 4.78 is 64.8. The number of aromatic hydroxyl groups is 1. The molecule has 1 aliphatic rings. The molecular formula is C21H17N3O7S2. The van der Waals surface area contributed by atoms with Crippen molar-refractivity contribution in [1.29, 1.82) is 0 Å². The Labute approximate surface area is 188 Å². The summed E-state index contributed by atoms with van der Waals surface area (Å²) in [4.78, 5) is -0.499. The van der Waals surface area contributed by atoms with Crippen molar-refractivity contribution in [3.8, 4) is 5.75 Å². The van der Waals surface area contributed by atoms with Crippen LogP contribution in [0.15, 0.2) is 69.7 Å². The average molecular weight is 488 g/mol. The molecule has 1 aliphatic carbocycles. The molecule has 170 valence electrons. The van der Waals surface area contributed by atoms with Crippen molar-refractivity contribution in [2.24, 2.45) is 10.2 Å². The van der Waals surface area contributed by atoms with Crippen LogP contribution in [0, 0.1) is 0 Å². The van der Waals surface area contributed by atoms with E-state index in [0.717, 1.165) is 6.07 Å². The Bertz CT molecular complexity index is 1590. The van der Waals surface area contributed by atoms with E-state index >= 15 is 0 Å². The molecule has 3 aromatic rings. The minimum atomic E-state index is -4.57. The van der Waals surface area contributed by atoms with Crippen molar-refractivity contribution in [3.05, 3.63) is 65.7 Å². The molecule has 0 saturated heterocycles. The van der Waals surface area contributed by atoms with Gasteiger partial charge in [0.15, 0.2) is 0 Å². The van der Waals surface area contributed by atoms with Crippen molar-refractivity contribution in [2.45, 2.75) is 10.1 Å². The first-order valence-electron chi connectivity index (χ1n) is 9.35. The van der Waals surface area contributed by atoms with Crippen molar-refractivity contribution in [2.75, 3.05) is 5.73 Å². The molecule has 4 rings (SSSR count). The first-order valence-corrected chi connectivity index (χ1v) is 12.3. The van der Waals surface area contributed by atoms with Crippen LogP contribution in [0.4, 0.5) is 17.1 Å². The van der Waals surface area contributed by atoms with Crippen LogP contribution in [0.25, 0.3) is 22.9 Å². The van der Waals surface area contributed by atoms with E-state index in [4.69, 9.17) is 5.73 Å². The lowest BCUT2D eigenvalue weighted by Crippen LogP contribution is -2.14. The molecule has 33 heavy (non-hydrogen) atoms. The first-order chi connectivity index (χ1) is 15.4. The molecular weight excluding hydrogens is 470 g/mol. The van der Waals surface area contributed by atoms with Gasteiger partial charge < -0.3 is 10.8 Å². The number of rotatable bonds is 4. The summed E-state index contributed by atoms with van der Waals surface area (Å²) in [7, 11) is -8.93. The first kappa shape index (κ1) is 22.6. The van der Waals surface area contributed by atoms with E-state index in [1.165, 1.54) is 30.4 Å². The van der Waals surface area contributed by atoms with Crippen molar-refractivity contribution in [3.63, 3.8) is 0 Å². The van der Waals surface area contributed by atoms with Gasteiger partial charge in [-0.15, -0.1) is 10.2 Å². The molecule has 0 fully saturated rings. The van der Waals surface area contributed by atoms with Gasteiger partial charge >= 0.3 is 0 Å². The predicted octanol–water partition coefficient (Wildman–Crippen LogP) is 4.09. The number of nitrogen functional groups attached to an aromatic ring is 1. The van der Waals surface area contributed by atoms with Gasteiger partial charge in [0.1, 0.15) is 11.0 Å². The molecule has 0 spiro atoms. The van der Waals surface area contributed by atoms with E-state index in [1.54, 1.807) is 30.3 Å². The van der Waals surface area contributed by atoms with E-state index in [1.807, 2.05) is 0 Å². The number of benzene rings is 3. The highest BCUT2D eigenvalue weighted by Gasteiger charge is 2.20. The van der Waals surface area contributed by atoms with Crippen molar-refractivity contribution < 1.29 is 31.0 Å². The third-order valence-electron chi connectivity index (χ3n) is 5.03. The number of nitrogens with zero attached hydrogens (tertiary/aromatic N) is 2. The maximum atomic E-state index is 11.5. The largest absolute Gasteiger partial charge is 0.507 e. The second-order valence-corrected chi connectivity index (χ2v) is 10.2. The molecule has 3 aromatic carbocycles. The lowest BCUT2D eigenvalue weighted by Gasteiger charge is -2.08. The smallest absolute Gasteiger partial charge is 0.294 e. The molecule has 0 aromatic heterocycles. The average Bonchev–Trinajstić information content (AvgIpc) is 2.97. The SMILES string of the molecule is Nc1ccc(N=Nc2cccc3c(O)cc(S(=O)(=O)O)cc23)c2c1C=CC(S(=O)(=O)O)C=C2. The number of fused-ring (bicyclic) bond motifs is 2. The zero-order valence-corrected chi connectivity index (χ0v) is 18.3. The Morgan fingerprint density at radius 2 is 1.48 bits per heavy atom. The lowest BCUT2D eigenvalue weighted by molar-refractivity contribution is 0.471. The van der Waals surface area contributed by atoms with Gasteiger partial charge in [-0.2, -0.15) is 16.8 Å². The monoisotopic (exact) mass is 487 g/mol. The minimum Gasteiger partial charge on any atom is -0.507 e. The zero-order valence-electron chi connectivity index (χ0n) is 16.7. The van der Waals surface area contributed by atoms with Crippen LogP contribution in [0.5, 0.6) is 5.75 Å². The molecule has 0 saturated carbocycles. The number of hydrogen-bond acceptors (Lipinski definition) is 8. The summed E-state index contributed by atoms with van der Waals surface area (Å²) in [5.74, 6) is -0.358. The maximum absolute atomic E-state index is 11.5. The highest BCUT2D eigenvalue weighted by Crippen LogP contribution is 2.37. The zero-order chi connectivity index (χ0) is 24.0. The van der Waals surface area contributed by atoms with E-state index < -0.39 is 30.4 Å². The van der Waals surface area contributed by atoms with E-state index in [-0.39, 0.29) is 16.8 Å². The van der Waals surface area contributed by atoms with Gasteiger partial charge in [0.05, 0.1) is 16.3 Å². The molecule has 0 amide bonds. The normalized spacial score (nSPS) is 16.2. The molecule has 0 radical (unpaired) electrons. The highest BCUT2D eigenvalue weighted by molar-refractivity contribution is 7.86. The van der Waals surface area contributed by atoms with Gasteiger partial charge in [0, 0.05) is 33.7 Å². The van der Waals surface area contributed by atoms with E-state index in [2.05, 4.69) is 10.2 Å². The van der Waals surface area contributed by atoms with Crippen LogP contribution >= 0.6 is 0 Å². The van der Waals surface area contributed by atoms with Gasteiger partial charge in [-0.1, -0.05) is 36.4 Å². The number of nitrogens with two attached hydrogens (primary N) is 1. The summed E-state index contributed by atoms with van der Waals surface area (Å²) in [6.45, 7) is 0. The Morgan fingerprint density at radius 3 is 2.15 bits per heavy atom. The summed E-state index contributed by atoms with van der Waals surface area (Å²) in [5, 5.41) is 17.9. The van der Waals surface area contributed by atoms with E-state index in [9.17, 15) is 31.0 Å². The van der Waals surface area contributed by atoms with Crippen LogP contribution < -0.4 is 5.73 Å². The Balaban J connectivity index is 1.84. The van der Waals surface area contributed by atoms with Crippen LogP contribution in [0.2, 0.25) is 0 Å². The Hall–Kier alpha value is -3.58. The fourth-order valence-electron chi connectivity index (χ4n) is 3.40. The minimum absolute atomic E-state index is 0.211. The summed E-state index contributed by atoms with van der Waals surface area (Å²) in [5.41, 5.74) is 7.85. The van der Waals surface area contributed by atoms with Crippen LogP contribution in [-0.2, 0) is 20.2 Å². The third-order valence-corrected chi connectivity index (χ3v) is 6.87. The number of azo groups is 1. The standard InChI is InChI=1S/C21H17N3O7S2/c22-18-8-9-20(15-7-5-12(32(26,27)28)4-6-14(15)18)24-23-19-3-1-2-16-17(19)10-13(11-21(16)25)33(29,30)31/h1-12,25H,22H2,(H,26,27,28)(H,29,30,31). The molecule has 1 unspecified atom stereocenters. The summed E-state index contributed by atoms with van der Waals surface area (Å²) >= 11 is 0. The molecule has 10 nitrogen and oxygen atoms in total. The van der Waals surface area contributed by atoms with Crippen molar-refractivity contribution >= 4 is 60.2 Å². The fraction of sp³-hybridized carbons (Fsp3) is 0.0476. The molecule has 0 aliphatic heterocycles. The summed E-state index contributed by atoms with van der Waals surface area (Å²) in [6.07, 6.45) is 5.50. The number of anilines is 1. The van der Waals surface area contributed by atoms with Gasteiger partial charge in [-0.05, 0) is 24.3 Å². The lowest BCUT2D eigenvalue weighted by atomic mass is 10.0. The summed E-state index contributed by atoms with van der Waals surface area (Å²) in [6, 6.07) is 9.91. The molecule has 0 heterocycles. The third kappa shape index (κ3) is 4.50. The maximum Gasteiger partial charge on any atom is 0.294 e. The second kappa shape index (κ2) is 8.08. The molecule has 5 N–H and O–H groups in total. The number of phenolic OH excluding ortho intramolecular Hbond substituents is 1. The van der Waals surface area contributed by atoms with Gasteiger partial charge in [-0.25, -0.2) is 0 Å². The van der Waals surface area contributed by atoms with Gasteiger partial charge in [0.2, 0.25) is 0 Å². The molecule has 1 atom stereocenters. The van der Waals surface area contributed by atoms with Crippen LogP contribution in [0.1, 0.15) is 11.1 Å². The number of phenols is 1. The quantitative estimate of drug-likeness (QED) is 0.241. The van der Waals surface area contributed by atoms with Crippen molar-refractivity contribution in [1.82, 2.24) is 0 Å². The highest BCUT2D eigenvalue weighted by atomic mass is 32.2. The van der Waals surface area contributed by atoms with Crippen LogP contribution in [0.3, 0.4) is 0 Å². The molecule has 12 heteroatoms. The van der Waals surface area contributed by atoms with Gasteiger partial charge in [0.25, 0.3) is 20.2 Å². The number of hydrogen-bond donors (Lipinski definition) is 4. The van der Waals surface area contributed by atoms with E-state index in [0.29, 0.717) is 27.9 Å². The fourth-order valence-corrected chi connectivity index (χ4v) is 4.48.